The van der Waals surface area contributed by atoms with Crippen LogP contribution in [0.5, 0.6) is 17.2 Å². The van der Waals surface area contributed by atoms with Crippen molar-refractivity contribution in [2.75, 3.05) is 66.4 Å². The molecule has 4 heterocycles. The first-order chi connectivity index (χ1) is 25.7. The van der Waals surface area contributed by atoms with Crippen molar-refractivity contribution < 1.29 is 46.4 Å². The molecule has 2 atom stereocenters. The number of fused-ring (bicyclic) bond motifs is 2. The summed E-state index contributed by atoms with van der Waals surface area (Å²) in [5.41, 5.74) is 1.65. The summed E-state index contributed by atoms with van der Waals surface area (Å²) in [5, 5.41) is 10.1. The minimum absolute atomic E-state index is 0.0376. The van der Waals surface area contributed by atoms with Crippen LogP contribution in [0, 0.1) is 0 Å². The number of carbonyl (C=O) groups is 1. The van der Waals surface area contributed by atoms with Crippen molar-refractivity contribution in [2.24, 2.45) is 0 Å². The molecule has 3 aromatic carbocycles. The molecule has 3 aliphatic heterocycles. The zero-order valence-electron chi connectivity index (χ0n) is 29.2. The Bertz CT molecular complexity index is 2130. The summed E-state index contributed by atoms with van der Waals surface area (Å²) in [4.78, 5) is 31.6. The number of allylic oxidation sites excluding steroid dienone is 1. The van der Waals surface area contributed by atoms with Crippen molar-refractivity contribution in [1.82, 2.24) is 14.1 Å². The number of amides is 1. The third-order valence-electron chi connectivity index (χ3n) is 9.57. The van der Waals surface area contributed by atoms with Gasteiger partial charge in [-0.2, -0.15) is 4.31 Å². The third kappa shape index (κ3) is 8.04. The Balaban J connectivity index is 1.05. The number of ether oxygens (including phenoxy) is 5. The van der Waals surface area contributed by atoms with Crippen LogP contribution in [-0.4, -0.2) is 106 Å². The standard InChI is InChI=1S/C38H41N3O11S/c1-47-28-7-9-29(10-8-28)53(45,46)41(16-18-42)17-19-48-36-22-27(31-24-49-32-5-3-2-4-30(32)37(31)43)21-35(52-36)38(44)40-14-12-39(13-15-40)23-26-6-11-33-34(20-26)51-25-50-33/h2-11,20-21,24,27,36,42H,12-19,22-23,25H2,1H3/t27-,36+/m0/s1. The lowest BCUT2D eigenvalue weighted by molar-refractivity contribution is -0.154. The minimum atomic E-state index is -3.98. The number of hydrogen-bond acceptors (Lipinski definition) is 12. The second-order valence-electron chi connectivity index (χ2n) is 12.9. The highest BCUT2D eigenvalue weighted by molar-refractivity contribution is 7.89. The monoisotopic (exact) mass is 747 g/mol. The summed E-state index contributed by atoms with van der Waals surface area (Å²) in [6.45, 7) is 2.31. The number of aliphatic hydroxyl groups is 1. The fraction of sp³-hybridized carbons (Fsp3) is 0.368. The molecule has 53 heavy (non-hydrogen) atoms. The normalized spacial score (nSPS) is 18.9. The highest BCUT2D eigenvalue weighted by Gasteiger charge is 2.34. The van der Waals surface area contributed by atoms with Gasteiger partial charge in [-0.1, -0.05) is 18.2 Å². The van der Waals surface area contributed by atoms with E-state index in [1.807, 2.05) is 18.2 Å². The van der Waals surface area contributed by atoms with Gasteiger partial charge in [0, 0.05) is 63.7 Å². The molecule has 3 aliphatic rings. The van der Waals surface area contributed by atoms with Crippen LogP contribution in [0.25, 0.3) is 11.0 Å². The fourth-order valence-corrected chi connectivity index (χ4v) is 8.10. The van der Waals surface area contributed by atoms with E-state index in [2.05, 4.69) is 4.90 Å². The van der Waals surface area contributed by atoms with Gasteiger partial charge in [0.1, 0.15) is 11.3 Å². The van der Waals surface area contributed by atoms with Gasteiger partial charge in [-0.05, 0) is 60.2 Å². The summed E-state index contributed by atoms with van der Waals surface area (Å²) < 4.78 is 62.1. The third-order valence-corrected chi connectivity index (χ3v) is 11.5. The molecule has 1 N–H and O–H groups in total. The van der Waals surface area contributed by atoms with Gasteiger partial charge in [-0.3, -0.25) is 14.5 Å². The van der Waals surface area contributed by atoms with Gasteiger partial charge in [-0.15, -0.1) is 0 Å². The number of sulfonamides is 1. The molecule has 0 spiro atoms. The average molecular weight is 748 g/mol. The van der Waals surface area contributed by atoms with Gasteiger partial charge in [0.05, 0.1) is 36.9 Å². The van der Waals surface area contributed by atoms with E-state index >= 15 is 0 Å². The highest BCUT2D eigenvalue weighted by Crippen LogP contribution is 2.34. The Morgan fingerprint density at radius 1 is 0.981 bits per heavy atom. The molecule has 0 aliphatic carbocycles. The summed E-state index contributed by atoms with van der Waals surface area (Å²) in [6, 6.07) is 18.8. The number of methoxy groups -OCH3 is 1. The molecule has 1 aromatic heterocycles. The van der Waals surface area contributed by atoms with Crippen molar-refractivity contribution in [2.45, 2.75) is 30.1 Å². The lowest BCUT2D eigenvalue weighted by Crippen LogP contribution is -2.49. The minimum Gasteiger partial charge on any atom is -0.497 e. The van der Waals surface area contributed by atoms with Crippen LogP contribution in [0.4, 0.5) is 0 Å². The predicted octanol–water partition coefficient (Wildman–Crippen LogP) is 3.29. The Morgan fingerprint density at radius 2 is 1.75 bits per heavy atom. The second kappa shape index (κ2) is 16.0. The highest BCUT2D eigenvalue weighted by atomic mass is 32.2. The van der Waals surface area contributed by atoms with Gasteiger partial charge in [0.25, 0.3) is 5.91 Å². The molecular weight excluding hydrogens is 706 g/mol. The maximum atomic E-state index is 14.0. The molecule has 4 aromatic rings. The van der Waals surface area contributed by atoms with Crippen LogP contribution in [0.1, 0.15) is 23.5 Å². The van der Waals surface area contributed by atoms with Crippen molar-refractivity contribution in [3.8, 4) is 17.2 Å². The van der Waals surface area contributed by atoms with E-state index in [4.69, 9.17) is 28.1 Å². The van der Waals surface area contributed by atoms with Crippen LogP contribution >= 0.6 is 0 Å². The van der Waals surface area contributed by atoms with E-state index in [9.17, 15) is 23.1 Å². The number of rotatable bonds is 13. The molecule has 1 saturated heterocycles. The number of aliphatic hydroxyl groups excluding tert-OH is 1. The first-order valence-corrected chi connectivity index (χ1v) is 18.8. The number of piperazine rings is 1. The topological polar surface area (TPSA) is 158 Å². The van der Waals surface area contributed by atoms with Crippen LogP contribution in [0.2, 0.25) is 0 Å². The molecule has 280 valence electrons. The smallest absolute Gasteiger partial charge is 0.288 e. The van der Waals surface area contributed by atoms with E-state index in [0.717, 1.165) is 21.4 Å². The Kier molecular flexibility index (Phi) is 11.0. The van der Waals surface area contributed by atoms with Gasteiger partial charge < -0.3 is 38.1 Å². The molecule has 1 fully saturated rings. The molecule has 0 bridgehead atoms. The number of nitrogens with zero attached hydrogens (tertiary/aromatic N) is 3. The molecule has 0 radical (unpaired) electrons. The largest absolute Gasteiger partial charge is 0.497 e. The molecular formula is C38H41N3O11S. The van der Waals surface area contributed by atoms with Crippen molar-refractivity contribution >= 4 is 26.9 Å². The van der Waals surface area contributed by atoms with Crippen molar-refractivity contribution in [3.05, 3.63) is 106 Å². The molecule has 7 rings (SSSR count). The summed E-state index contributed by atoms with van der Waals surface area (Å²) in [6.07, 6.45) is 2.25. The van der Waals surface area contributed by atoms with E-state index in [1.54, 1.807) is 47.4 Å². The first-order valence-electron chi connectivity index (χ1n) is 17.4. The molecule has 14 nitrogen and oxygen atoms in total. The van der Waals surface area contributed by atoms with Gasteiger partial charge in [-0.25, -0.2) is 8.42 Å². The van der Waals surface area contributed by atoms with E-state index < -0.39 is 28.8 Å². The van der Waals surface area contributed by atoms with Crippen molar-refractivity contribution in [3.63, 3.8) is 0 Å². The van der Waals surface area contributed by atoms with Crippen LogP contribution < -0.4 is 19.6 Å². The second-order valence-corrected chi connectivity index (χ2v) is 14.8. The Hall–Kier alpha value is -4.93. The molecule has 0 saturated carbocycles. The van der Waals surface area contributed by atoms with Crippen LogP contribution in [0.15, 0.2) is 98.9 Å². The van der Waals surface area contributed by atoms with Crippen LogP contribution in [0.3, 0.4) is 0 Å². The molecule has 1 amide bonds. The quantitative estimate of drug-likeness (QED) is 0.213. The molecule has 15 heteroatoms. The maximum absolute atomic E-state index is 14.0. The van der Waals surface area contributed by atoms with E-state index in [0.29, 0.717) is 55.0 Å². The number of hydrogen-bond donors (Lipinski definition) is 1. The summed E-state index contributed by atoms with van der Waals surface area (Å²) in [7, 11) is -2.49. The zero-order valence-corrected chi connectivity index (χ0v) is 30.0. The Morgan fingerprint density at radius 3 is 2.53 bits per heavy atom. The van der Waals surface area contributed by atoms with Gasteiger partial charge in [0.15, 0.2) is 22.7 Å². The number of benzene rings is 3. The molecule has 0 unspecified atom stereocenters. The van der Waals surface area contributed by atoms with E-state index in [-0.39, 0.29) is 54.9 Å². The van der Waals surface area contributed by atoms with Crippen molar-refractivity contribution in [1.29, 1.82) is 0 Å². The first kappa shape index (κ1) is 36.4. The van der Waals surface area contributed by atoms with Gasteiger partial charge in [0.2, 0.25) is 23.1 Å². The zero-order chi connectivity index (χ0) is 37.0. The van der Waals surface area contributed by atoms with Crippen LogP contribution in [-0.2, 0) is 30.8 Å². The maximum Gasteiger partial charge on any atom is 0.288 e. The van der Waals surface area contributed by atoms with Gasteiger partial charge >= 0.3 is 0 Å². The predicted molar refractivity (Wildman–Crippen MR) is 192 cm³/mol. The SMILES string of the molecule is COc1ccc(S(=O)(=O)N(CCO)CCO[C@H]2C[C@@H](c3coc4ccccc4c3=O)C=C(C(=O)N3CCN(Cc4ccc5c(c4)OCO5)CC3)O2)cc1. The Labute approximate surface area is 306 Å². The van der Waals surface area contributed by atoms with E-state index in [1.165, 1.54) is 25.5 Å². The average Bonchev–Trinajstić information content (AvgIpc) is 3.66. The summed E-state index contributed by atoms with van der Waals surface area (Å²) in [5.74, 6) is 1.09. The number of carbonyl (C=O) groups excluding carboxylic acids is 1. The summed E-state index contributed by atoms with van der Waals surface area (Å²) >= 11 is 0. The lowest BCUT2D eigenvalue weighted by atomic mass is 9.93. The lowest BCUT2D eigenvalue weighted by Gasteiger charge is -2.36. The number of para-hydroxylation sites is 1. The fourth-order valence-electron chi connectivity index (χ4n) is 6.69.